The molecule has 1 heterocycles. The first-order valence-electron chi connectivity index (χ1n) is 6.85. The lowest BCUT2D eigenvalue weighted by Crippen LogP contribution is -2.29. The van der Waals surface area contributed by atoms with Crippen molar-refractivity contribution in [2.75, 3.05) is 47.1 Å². The quantitative estimate of drug-likeness (QED) is 0.836. The second kappa shape index (κ2) is 7.84. The van der Waals surface area contributed by atoms with Crippen molar-refractivity contribution in [2.24, 2.45) is 5.92 Å². The van der Waals surface area contributed by atoms with Crippen LogP contribution in [-0.2, 0) is 16.0 Å². The third-order valence-electron chi connectivity index (χ3n) is 3.33. The van der Waals surface area contributed by atoms with Crippen molar-refractivity contribution in [3.05, 3.63) is 28.8 Å². The molecule has 1 fully saturated rings. The van der Waals surface area contributed by atoms with E-state index >= 15 is 0 Å². The van der Waals surface area contributed by atoms with Gasteiger partial charge in [-0.3, -0.25) is 0 Å². The molecule has 1 aromatic carbocycles. The van der Waals surface area contributed by atoms with E-state index in [2.05, 4.69) is 11.9 Å². The van der Waals surface area contributed by atoms with E-state index in [1.54, 1.807) is 7.11 Å². The molecule has 0 bridgehead atoms. The molecule has 1 saturated heterocycles. The summed E-state index contributed by atoms with van der Waals surface area (Å²) in [6, 6.07) is 5.71. The summed E-state index contributed by atoms with van der Waals surface area (Å²) in [5.41, 5.74) is 1.10. The van der Waals surface area contributed by atoms with Gasteiger partial charge in [0.25, 0.3) is 0 Å². The molecule has 0 aromatic heterocycles. The smallest absolute Gasteiger partial charge is 0.123 e. The average molecular weight is 300 g/mol. The molecule has 1 aromatic rings. The van der Waals surface area contributed by atoms with E-state index in [0.29, 0.717) is 19.1 Å². The maximum Gasteiger partial charge on any atom is 0.123 e. The van der Waals surface area contributed by atoms with E-state index in [1.165, 1.54) is 0 Å². The van der Waals surface area contributed by atoms with Crippen LogP contribution in [0.5, 0.6) is 5.75 Å². The number of hydrogen-bond acceptors (Lipinski definition) is 4. The number of ether oxygens (including phenoxy) is 3. The molecular weight excluding hydrogens is 278 g/mol. The van der Waals surface area contributed by atoms with Gasteiger partial charge in [0.15, 0.2) is 0 Å². The van der Waals surface area contributed by atoms with Crippen LogP contribution in [-0.4, -0.2) is 52.0 Å². The van der Waals surface area contributed by atoms with Crippen molar-refractivity contribution in [3.63, 3.8) is 0 Å². The van der Waals surface area contributed by atoms with Gasteiger partial charge >= 0.3 is 0 Å². The Morgan fingerprint density at radius 3 is 2.65 bits per heavy atom. The number of benzene rings is 1. The first-order chi connectivity index (χ1) is 9.69. The number of methoxy groups -OCH3 is 1. The molecule has 0 radical (unpaired) electrons. The Kier molecular flexibility index (Phi) is 6.10. The number of rotatable bonds is 5. The minimum absolute atomic E-state index is 0.410. The van der Waals surface area contributed by atoms with Crippen molar-refractivity contribution in [2.45, 2.75) is 6.54 Å². The predicted octanol–water partition coefficient (Wildman–Crippen LogP) is 2.44. The van der Waals surface area contributed by atoms with Gasteiger partial charge in [-0.05, 0) is 25.2 Å². The van der Waals surface area contributed by atoms with Crippen molar-refractivity contribution < 1.29 is 14.2 Å². The minimum atomic E-state index is 0.410. The second-order valence-electron chi connectivity index (χ2n) is 5.17. The third kappa shape index (κ3) is 4.63. The van der Waals surface area contributed by atoms with Crippen LogP contribution in [0.25, 0.3) is 0 Å². The fourth-order valence-electron chi connectivity index (χ4n) is 2.44. The molecule has 0 unspecified atom stereocenters. The Hall–Kier alpha value is -0.810. The van der Waals surface area contributed by atoms with Crippen LogP contribution in [0.1, 0.15) is 5.56 Å². The molecule has 2 rings (SSSR count). The topological polar surface area (TPSA) is 30.9 Å². The lowest BCUT2D eigenvalue weighted by molar-refractivity contribution is 0.103. The van der Waals surface area contributed by atoms with Gasteiger partial charge in [0.2, 0.25) is 0 Å². The molecule has 4 nitrogen and oxygen atoms in total. The van der Waals surface area contributed by atoms with Crippen molar-refractivity contribution >= 4 is 11.6 Å². The zero-order valence-corrected chi connectivity index (χ0v) is 12.9. The van der Waals surface area contributed by atoms with Gasteiger partial charge in [0, 0.05) is 29.6 Å². The van der Waals surface area contributed by atoms with E-state index in [-0.39, 0.29) is 0 Å². The maximum atomic E-state index is 6.06. The van der Waals surface area contributed by atoms with Crippen LogP contribution < -0.4 is 4.74 Å². The molecule has 0 aliphatic carbocycles. The zero-order valence-electron chi connectivity index (χ0n) is 12.1. The molecule has 0 saturated carbocycles. The fourth-order valence-corrected chi connectivity index (χ4v) is 2.63. The maximum absolute atomic E-state index is 6.06. The van der Waals surface area contributed by atoms with Crippen LogP contribution in [0, 0.1) is 5.92 Å². The molecule has 1 aliphatic heterocycles. The van der Waals surface area contributed by atoms with Crippen LogP contribution in [0.4, 0.5) is 0 Å². The molecule has 0 amide bonds. The van der Waals surface area contributed by atoms with Crippen LogP contribution in [0.15, 0.2) is 18.2 Å². The Balaban J connectivity index is 1.93. The molecule has 0 N–H and O–H groups in total. The standard InChI is InChI=1S/C15H22ClNO3/c1-17(8-12-10-19-5-6-20-11-12)9-13-7-14(16)3-4-15(13)18-2/h3-4,7,12H,5-6,8-11H2,1-2H3. The molecule has 20 heavy (non-hydrogen) atoms. The van der Waals surface area contributed by atoms with Crippen molar-refractivity contribution in [1.82, 2.24) is 4.90 Å². The molecule has 0 atom stereocenters. The van der Waals surface area contributed by atoms with Gasteiger partial charge in [-0.15, -0.1) is 0 Å². The van der Waals surface area contributed by atoms with Crippen LogP contribution in [0.3, 0.4) is 0 Å². The highest BCUT2D eigenvalue weighted by atomic mass is 35.5. The Morgan fingerprint density at radius 2 is 2.00 bits per heavy atom. The average Bonchev–Trinajstić information content (AvgIpc) is 2.67. The van der Waals surface area contributed by atoms with Gasteiger partial charge < -0.3 is 19.1 Å². The molecule has 1 aliphatic rings. The first kappa shape index (κ1) is 15.6. The Morgan fingerprint density at radius 1 is 1.30 bits per heavy atom. The number of halogens is 1. The summed E-state index contributed by atoms with van der Waals surface area (Å²) >= 11 is 6.06. The summed E-state index contributed by atoms with van der Waals surface area (Å²) in [5, 5.41) is 0.732. The lowest BCUT2D eigenvalue weighted by Gasteiger charge is -2.23. The zero-order chi connectivity index (χ0) is 14.4. The first-order valence-corrected chi connectivity index (χ1v) is 7.23. The summed E-state index contributed by atoms with van der Waals surface area (Å²) in [4.78, 5) is 2.25. The monoisotopic (exact) mass is 299 g/mol. The minimum Gasteiger partial charge on any atom is -0.496 e. The van der Waals surface area contributed by atoms with Crippen molar-refractivity contribution in [1.29, 1.82) is 0 Å². The summed E-state index contributed by atoms with van der Waals surface area (Å²) in [6.07, 6.45) is 0. The van der Waals surface area contributed by atoms with Gasteiger partial charge in [-0.25, -0.2) is 0 Å². The molecule has 112 valence electrons. The predicted molar refractivity (Wildman–Crippen MR) is 79.5 cm³/mol. The van der Waals surface area contributed by atoms with Crippen LogP contribution >= 0.6 is 11.6 Å². The van der Waals surface area contributed by atoms with E-state index in [1.807, 2.05) is 18.2 Å². The molecular formula is C15H22ClNO3. The fraction of sp³-hybridized carbons (Fsp3) is 0.600. The van der Waals surface area contributed by atoms with Crippen LogP contribution in [0.2, 0.25) is 5.02 Å². The summed E-state index contributed by atoms with van der Waals surface area (Å²) < 4.78 is 16.4. The van der Waals surface area contributed by atoms with E-state index in [9.17, 15) is 0 Å². The Labute approximate surface area is 125 Å². The highest BCUT2D eigenvalue weighted by Gasteiger charge is 2.16. The summed E-state index contributed by atoms with van der Waals surface area (Å²) in [5.74, 6) is 1.28. The van der Waals surface area contributed by atoms with Crippen molar-refractivity contribution in [3.8, 4) is 5.75 Å². The normalized spacial score (nSPS) is 17.2. The highest BCUT2D eigenvalue weighted by molar-refractivity contribution is 6.30. The molecule has 5 heteroatoms. The summed E-state index contributed by atoms with van der Waals surface area (Å²) in [7, 11) is 3.77. The van der Waals surface area contributed by atoms with E-state index in [0.717, 1.165) is 42.6 Å². The van der Waals surface area contributed by atoms with Gasteiger partial charge in [-0.1, -0.05) is 11.6 Å². The van der Waals surface area contributed by atoms with Gasteiger partial charge in [-0.2, -0.15) is 0 Å². The third-order valence-corrected chi connectivity index (χ3v) is 3.57. The molecule has 0 spiro atoms. The van der Waals surface area contributed by atoms with E-state index < -0.39 is 0 Å². The van der Waals surface area contributed by atoms with Gasteiger partial charge in [0.05, 0.1) is 33.5 Å². The largest absolute Gasteiger partial charge is 0.496 e. The number of hydrogen-bond donors (Lipinski definition) is 0. The highest BCUT2D eigenvalue weighted by Crippen LogP contribution is 2.24. The lowest BCUT2D eigenvalue weighted by atomic mass is 10.1. The Bertz CT molecular complexity index is 420. The second-order valence-corrected chi connectivity index (χ2v) is 5.61. The van der Waals surface area contributed by atoms with E-state index in [4.69, 9.17) is 25.8 Å². The summed E-state index contributed by atoms with van der Waals surface area (Å²) in [6.45, 7) is 4.63. The number of nitrogens with zero attached hydrogens (tertiary/aromatic N) is 1. The SMILES string of the molecule is COc1ccc(Cl)cc1CN(C)CC1COCCOC1. The van der Waals surface area contributed by atoms with Gasteiger partial charge in [0.1, 0.15) is 5.75 Å².